The van der Waals surface area contributed by atoms with Crippen molar-refractivity contribution in [2.24, 2.45) is 0 Å². The molecular weight excluding hydrogens is 392 g/mol. The molecule has 6 heteroatoms. The van der Waals surface area contributed by atoms with Gasteiger partial charge in [-0.2, -0.15) is 0 Å². The van der Waals surface area contributed by atoms with Gasteiger partial charge in [-0.05, 0) is 29.8 Å². The van der Waals surface area contributed by atoms with Gasteiger partial charge in [-0.3, -0.25) is 4.79 Å². The van der Waals surface area contributed by atoms with Crippen LogP contribution >= 0.6 is 0 Å². The van der Waals surface area contributed by atoms with Gasteiger partial charge in [0.25, 0.3) is 0 Å². The number of para-hydroxylation sites is 1. The van der Waals surface area contributed by atoms with Crippen molar-refractivity contribution in [2.75, 3.05) is 26.6 Å². The molecule has 0 saturated carbocycles. The first-order chi connectivity index (χ1) is 15.2. The standard InChI is InChI=1S/C25H24N2O4/c1-29-22-14-13-19(24(30-2)25(22)31-3)26-23(28)16-27-20-12-8-7-11-18(20)15-21(27)17-9-5-4-6-10-17/h4-15H,16H2,1-3H3,(H,26,28). The molecule has 0 aliphatic heterocycles. The monoisotopic (exact) mass is 416 g/mol. The second-order valence-electron chi connectivity index (χ2n) is 6.97. The third-order valence-electron chi connectivity index (χ3n) is 5.16. The molecule has 1 N–H and O–H groups in total. The van der Waals surface area contributed by atoms with Crippen molar-refractivity contribution in [2.45, 2.75) is 6.54 Å². The Morgan fingerprint density at radius 1 is 0.839 bits per heavy atom. The minimum Gasteiger partial charge on any atom is -0.493 e. The highest BCUT2D eigenvalue weighted by Crippen LogP contribution is 2.42. The lowest BCUT2D eigenvalue weighted by molar-refractivity contribution is -0.116. The largest absolute Gasteiger partial charge is 0.493 e. The predicted octanol–water partition coefficient (Wildman–Crippen LogP) is 4.97. The SMILES string of the molecule is COc1ccc(NC(=O)Cn2c(-c3ccccc3)cc3ccccc32)c(OC)c1OC. The number of carbonyl (C=O) groups excluding carboxylic acids is 1. The Labute approximate surface area is 181 Å². The van der Waals surface area contributed by atoms with Crippen LogP contribution in [0.3, 0.4) is 0 Å². The molecule has 4 aromatic rings. The lowest BCUT2D eigenvalue weighted by atomic mass is 10.1. The second kappa shape index (κ2) is 8.83. The first kappa shape index (κ1) is 20.3. The number of anilines is 1. The molecule has 3 aromatic carbocycles. The maximum atomic E-state index is 13.1. The zero-order chi connectivity index (χ0) is 21.8. The Morgan fingerprint density at radius 2 is 1.55 bits per heavy atom. The van der Waals surface area contributed by atoms with Crippen LogP contribution in [-0.2, 0) is 11.3 Å². The molecule has 0 fully saturated rings. The number of amides is 1. The molecule has 4 rings (SSSR count). The molecular formula is C25H24N2O4. The van der Waals surface area contributed by atoms with Crippen LogP contribution in [-0.4, -0.2) is 31.8 Å². The minimum absolute atomic E-state index is 0.148. The van der Waals surface area contributed by atoms with E-state index in [1.807, 2.05) is 59.2 Å². The number of rotatable bonds is 7. The fourth-order valence-electron chi connectivity index (χ4n) is 3.76. The lowest BCUT2D eigenvalue weighted by Gasteiger charge is -2.17. The summed E-state index contributed by atoms with van der Waals surface area (Å²) in [5.41, 5.74) is 3.55. The predicted molar refractivity (Wildman–Crippen MR) is 122 cm³/mol. The van der Waals surface area contributed by atoms with Crippen molar-refractivity contribution in [3.8, 4) is 28.5 Å². The zero-order valence-electron chi connectivity index (χ0n) is 17.7. The number of benzene rings is 3. The van der Waals surface area contributed by atoms with Gasteiger partial charge in [0, 0.05) is 16.6 Å². The Balaban J connectivity index is 1.69. The first-order valence-electron chi connectivity index (χ1n) is 9.88. The molecule has 158 valence electrons. The van der Waals surface area contributed by atoms with Crippen LogP contribution < -0.4 is 19.5 Å². The molecule has 0 aliphatic carbocycles. The van der Waals surface area contributed by atoms with E-state index < -0.39 is 0 Å². The minimum atomic E-state index is -0.177. The van der Waals surface area contributed by atoms with Crippen molar-refractivity contribution in [3.63, 3.8) is 0 Å². The van der Waals surface area contributed by atoms with Gasteiger partial charge in [0.05, 0.1) is 27.0 Å². The summed E-state index contributed by atoms with van der Waals surface area (Å²) in [6.45, 7) is 0.148. The summed E-state index contributed by atoms with van der Waals surface area (Å²) in [4.78, 5) is 13.1. The molecule has 0 bridgehead atoms. The van der Waals surface area contributed by atoms with Gasteiger partial charge in [-0.25, -0.2) is 0 Å². The molecule has 0 atom stereocenters. The van der Waals surface area contributed by atoms with E-state index in [1.54, 1.807) is 19.2 Å². The molecule has 1 heterocycles. The van der Waals surface area contributed by atoms with E-state index in [0.29, 0.717) is 22.9 Å². The fraction of sp³-hybridized carbons (Fsp3) is 0.160. The van der Waals surface area contributed by atoms with Crippen LogP contribution in [0.2, 0.25) is 0 Å². The summed E-state index contributed by atoms with van der Waals surface area (Å²) in [5.74, 6) is 1.19. The zero-order valence-corrected chi connectivity index (χ0v) is 17.7. The molecule has 0 unspecified atom stereocenters. The molecule has 0 saturated heterocycles. The lowest BCUT2D eigenvalue weighted by Crippen LogP contribution is -2.19. The number of ether oxygens (including phenoxy) is 3. The van der Waals surface area contributed by atoms with Crippen LogP contribution in [0.4, 0.5) is 5.69 Å². The van der Waals surface area contributed by atoms with Crippen LogP contribution in [0, 0.1) is 0 Å². The second-order valence-corrected chi connectivity index (χ2v) is 6.97. The summed E-state index contributed by atoms with van der Waals surface area (Å²) in [5, 5.41) is 4.03. The smallest absolute Gasteiger partial charge is 0.244 e. The Hall–Kier alpha value is -3.93. The third-order valence-corrected chi connectivity index (χ3v) is 5.16. The van der Waals surface area contributed by atoms with Gasteiger partial charge in [0.1, 0.15) is 6.54 Å². The highest BCUT2D eigenvalue weighted by atomic mass is 16.5. The first-order valence-corrected chi connectivity index (χ1v) is 9.88. The van der Waals surface area contributed by atoms with E-state index in [2.05, 4.69) is 11.4 Å². The van der Waals surface area contributed by atoms with Crippen LogP contribution in [0.25, 0.3) is 22.2 Å². The van der Waals surface area contributed by atoms with Gasteiger partial charge < -0.3 is 24.1 Å². The van der Waals surface area contributed by atoms with Gasteiger partial charge in [0.15, 0.2) is 11.5 Å². The van der Waals surface area contributed by atoms with Crippen LogP contribution in [0.15, 0.2) is 72.8 Å². The normalized spacial score (nSPS) is 10.7. The van der Waals surface area contributed by atoms with Crippen molar-refractivity contribution in [3.05, 3.63) is 72.8 Å². The molecule has 0 radical (unpaired) electrons. The number of carbonyl (C=O) groups is 1. The number of nitrogens with one attached hydrogen (secondary N) is 1. The number of hydrogen-bond donors (Lipinski definition) is 1. The molecule has 0 spiro atoms. The van der Waals surface area contributed by atoms with Crippen molar-refractivity contribution in [1.29, 1.82) is 0 Å². The molecule has 31 heavy (non-hydrogen) atoms. The maximum Gasteiger partial charge on any atom is 0.244 e. The Bertz CT molecular complexity index is 1220. The van der Waals surface area contributed by atoms with E-state index in [-0.39, 0.29) is 12.5 Å². The highest BCUT2D eigenvalue weighted by molar-refractivity contribution is 5.95. The van der Waals surface area contributed by atoms with E-state index in [1.165, 1.54) is 14.2 Å². The summed E-state index contributed by atoms with van der Waals surface area (Å²) >= 11 is 0. The van der Waals surface area contributed by atoms with Crippen molar-refractivity contribution < 1.29 is 19.0 Å². The molecule has 6 nitrogen and oxygen atoms in total. The van der Waals surface area contributed by atoms with Crippen LogP contribution in [0.5, 0.6) is 17.2 Å². The van der Waals surface area contributed by atoms with E-state index in [0.717, 1.165) is 22.2 Å². The number of fused-ring (bicyclic) bond motifs is 1. The van der Waals surface area contributed by atoms with Gasteiger partial charge in [-0.15, -0.1) is 0 Å². The van der Waals surface area contributed by atoms with E-state index in [9.17, 15) is 4.79 Å². The Morgan fingerprint density at radius 3 is 2.26 bits per heavy atom. The number of nitrogens with zero attached hydrogens (tertiary/aromatic N) is 1. The molecule has 0 aliphatic rings. The number of hydrogen-bond acceptors (Lipinski definition) is 4. The van der Waals surface area contributed by atoms with Gasteiger partial charge in [0.2, 0.25) is 11.7 Å². The Kier molecular flexibility index (Phi) is 5.80. The van der Waals surface area contributed by atoms with Crippen molar-refractivity contribution >= 4 is 22.5 Å². The maximum absolute atomic E-state index is 13.1. The highest BCUT2D eigenvalue weighted by Gasteiger charge is 2.19. The van der Waals surface area contributed by atoms with Gasteiger partial charge >= 0.3 is 0 Å². The fourth-order valence-corrected chi connectivity index (χ4v) is 3.76. The number of methoxy groups -OCH3 is 3. The average Bonchev–Trinajstić information content (AvgIpc) is 3.17. The summed E-state index contributed by atoms with van der Waals surface area (Å²) in [7, 11) is 4.61. The molecule has 1 amide bonds. The number of aromatic nitrogens is 1. The topological polar surface area (TPSA) is 61.7 Å². The van der Waals surface area contributed by atoms with Crippen LogP contribution in [0.1, 0.15) is 0 Å². The van der Waals surface area contributed by atoms with E-state index >= 15 is 0 Å². The molecule has 1 aromatic heterocycles. The summed E-state index contributed by atoms with van der Waals surface area (Å²) < 4.78 is 18.2. The summed E-state index contributed by atoms with van der Waals surface area (Å²) in [6.07, 6.45) is 0. The van der Waals surface area contributed by atoms with Gasteiger partial charge in [-0.1, -0.05) is 48.5 Å². The summed E-state index contributed by atoms with van der Waals surface area (Å²) in [6, 6.07) is 23.7. The quantitative estimate of drug-likeness (QED) is 0.462. The van der Waals surface area contributed by atoms with E-state index in [4.69, 9.17) is 14.2 Å². The average molecular weight is 416 g/mol. The third kappa shape index (κ3) is 3.92. The van der Waals surface area contributed by atoms with Crippen molar-refractivity contribution in [1.82, 2.24) is 4.57 Å².